The van der Waals surface area contributed by atoms with Gasteiger partial charge in [0.05, 0.1) is 12.3 Å². The van der Waals surface area contributed by atoms with Crippen molar-refractivity contribution in [3.63, 3.8) is 0 Å². The molecule has 3 aromatic rings. The van der Waals surface area contributed by atoms with Gasteiger partial charge in [-0.3, -0.25) is 19.7 Å². The van der Waals surface area contributed by atoms with E-state index in [1.165, 1.54) is 0 Å². The average molecular weight is 431 g/mol. The molecule has 1 fully saturated rings. The third-order valence-corrected chi connectivity index (χ3v) is 5.80. The summed E-state index contributed by atoms with van der Waals surface area (Å²) in [6.45, 7) is 4.50. The summed E-state index contributed by atoms with van der Waals surface area (Å²) in [6.07, 6.45) is 4.13. The van der Waals surface area contributed by atoms with E-state index in [1.807, 2.05) is 49.5 Å². The van der Waals surface area contributed by atoms with E-state index in [2.05, 4.69) is 33.1 Å². The highest BCUT2D eigenvalue weighted by Gasteiger charge is 2.44. The smallest absolute Gasteiger partial charge is 0.255 e. The second kappa shape index (κ2) is 9.59. The van der Waals surface area contributed by atoms with E-state index < -0.39 is 5.60 Å². The molecule has 1 unspecified atom stereocenters. The Morgan fingerprint density at radius 1 is 1.12 bits per heavy atom. The lowest BCUT2D eigenvalue weighted by Gasteiger charge is -2.43. The van der Waals surface area contributed by atoms with Gasteiger partial charge in [-0.15, -0.1) is 0 Å². The predicted molar refractivity (Wildman–Crippen MR) is 125 cm³/mol. The molecule has 1 saturated heterocycles. The quantitative estimate of drug-likeness (QED) is 0.600. The minimum absolute atomic E-state index is 0.00816. The number of carbonyl (C=O) groups excluding carboxylic acids is 1. The molecule has 0 bridgehead atoms. The van der Waals surface area contributed by atoms with E-state index in [0.717, 1.165) is 34.6 Å². The molecule has 1 aliphatic heterocycles. The molecular weight excluding hydrogens is 400 g/mol. The Hall–Kier alpha value is -3.09. The van der Waals surface area contributed by atoms with Crippen molar-refractivity contribution >= 4 is 5.91 Å². The molecule has 1 aromatic carbocycles. The molecule has 3 heterocycles. The van der Waals surface area contributed by atoms with Crippen molar-refractivity contribution in [2.75, 3.05) is 33.8 Å². The average Bonchev–Trinajstić information content (AvgIpc) is 2.79. The molecule has 4 rings (SSSR count). The number of aryl methyl sites for hydroxylation is 1. The second-order valence-electron chi connectivity index (χ2n) is 8.64. The van der Waals surface area contributed by atoms with Gasteiger partial charge in [0, 0.05) is 58.2 Å². The first-order chi connectivity index (χ1) is 15.4. The normalized spacial score (nSPS) is 19.0. The molecule has 1 amide bonds. The van der Waals surface area contributed by atoms with Crippen molar-refractivity contribution in [3.8, 4) is 11.1 Å². The molecule has 0 saturated carbocycles. The highest BCUT2D eigenvalue weighted by Crippen LogP contribution is 2.28. The number of likely N-dealkylation sites (N-methyl/N-ethyl adjacent to an activating group) is 1. The number of rotatable bonds is 6. The monoisotopic (exact) mass is 430 g/mol. The van der Waals surface area contributed by atoms with Crippen LogP contribution in [0.2, 0.25) is 0 Å². The summed E-state index contributed by atoms with van der Waals surface area (Å²) in [5, 5.41) is 0. The van der Waals surface area contributed by atoms with Gasteiger partial charge >= 0.3 is 0 Å². The summed E-state index contributed by atoms with van der Waals surface area (Å²) in [5.41, 5.74) is 4.28. The fourth-order valence-electron chi connectivity index (χ4n) is 4.35. The molecular formula is C26H30N4O2. The molecule has 0 aliphatic carbocycles. The number of nitrogens with zero attached hydrogens (tertiary/aromatic N) is 4. The maximum Gasteiger partial charge on any atom is 0.255 e. The fraction of sp³-hybridized carbons (Fsp3) is 0.346. The first-order valence-electron chi connectivity index (χ1n) is 11.0. The van der Waals surface area contributed by atoms with Crippen LogP contribution in [0, 0.1) is 6.92 Å². The molecule has 0 radical (unpaired) electrons. The van der Waals surface area contributed by atoms with Crippen LogP contribution in [0.1, 0.15) is 17.0 Å². The van der Waals surface area contributed by atoms with Gasteiger partial charge in [-0.1, -0.05) is 36.4 Å². The van der Waals surface area contributed by atoms with Crippen molar-refractivity contribution in [2.45, 2.75) is 25.5 Å². The van der Waals surface area contributed by atoms with E-state index in [1.54, 1.807) is 25.2 Å². The minimum atomic E-state index is -0.931. The fourth-order valence-corrected chi connectivity index (χ4v) is 4.35. The van der Waals surface area contributed by atoms with Gasteiger partial charge in [0.15, 0.2) is 5.60 Å². The number of hydrogen-bond donors (Lipinski definition) is 0. The number of amides is 1. The maximum absolute atomic E-state index is 13.4. The molecule has 166 valence electrons. The van der Waals surface area contributed by atoms with Gasteiger partial charge in [0.2, 0.25) is 0 Å². The predicted octanol–water partition coefficient (Wildman–Crippen LogP) is 3.35. The Labute approximate surface area is 189 Å². The van der Waals surface area contributed by atoms with Crippen LogP contribution in [0.5, 0.6) is 0 Å². The Bertz CT molecular complexity index is 1070. The molecule has 0 N–H and O–H groups in total. The highest BCUT2D eigenvalue weighted by atomic mass is 16.5. The first-order valence-corrected chi connectivity index (χ1v) is 11.0. The summed E-state index contributed by atoms with van der Waals surface area (Å²) in [4.78, 5) is 26.2. The van der Waals surface area contributed by atoms with E-state index in [9.17, 15) is 4.79 Å². The lowest BCUT2D eigenvalue weighted by molar-refractivity contribution is -0.169. The van der Waals surface area contributed by atoms with Crippen molar-refractivity contribution in [1.29, 1.82) is 0 Å². The Morgan fingerprint density at radius 3 is 2.69 bits per heavy atom. The van der Waals surface area contributed by atoms with Gasteiger partial charge in [0.1, 0.15) is 0 Å². The standard InChI is InChI=1S/C26H30N4O2/c1-20-7-4-11-24(28-20)18-30-13-14-32-26(19-30,25(31)29(2)3)16-21-8-5-9-22(15-21)23-10-6-12-27-17-23/h4-12,15,17H,13-14,16,18-19H2,1-3H3. The lowest BCUT2D eigenvalue weighted by Crippen LogP contribution is -2.60. The first kappa shape index (κ1) is 22.1. The maximum atomic E-state index is 13.4. The molecule has 6 nitrogen and oxygen atoms in total. The summed E-state index contributed by atoms with van der Waals surface area (Å²) in [7, 11) is 3.58. The summed E-state index contributed by atoms with van der Waals surface area (Å²) >= 11 is 0. The number of hydrogen-bond acceptors (Lipinski definition) is 5. The summed E-state index contributed by atoms with van der Waals surface area (Å²) < 4.78 is 6.26. The van der Waals surface area contributed by atoms with Gasteiger partial charge < -0.3 is 9.64 Å². The third-order valence-electron chi connectivity index (χ3n) is 5.80. The van der Waals surface area contributed by atoms with Gasteiger partial charge in [-0.2, -0.15) is 0 Å². The zero-order chi connectivity index (χ0) is 22.6. The van der Waals surface area contributed by atoms with Crippen LogP contribution in [0.15, 0.2) is 67.0 Å². The second-order valence-corrected chi connectivity index (χ2v) is 8.64. The van der Waals surface area contributed by atoms with Crippen molar-refractivity contribution in [1.82, 2.24) is 19.8 Å². The Kier molecular flexibility index (Phi) is 6.63. The van der Waals surface area contributed by atoms with Crippen LogP contribution in [0.25, 0.3) is 11.1 Å². The Morgan fingerprint density at radius 2 is 1.94 bits per heavy atom. The number of morpholine rings is 1. The zero-order valence-electron chi connectivity index (χ0n) is 19.0. The van der Waals surface area contributed by atoms with Crippen LogP contribution in [-0.2, 0) is 22.5 Å². The SMILES string of the molecule is Cc1cccc(CN2CCOC(Cc3cccc(-c4cccnc4)c3)(C(=O)N(C)C)C2)n1. The largest absolute Gasteiger partial charge is 0.362 e. The molecule has 1 atom stereocenters. The molecule has 2 aromatic heterocycles. The number of ether oxygens (including phenoxy) is 1. The van der Waals surface area contributed by atoms with Crippen LogP contribution in [-0.4, -0.2) is 65.1 Å². The number of aromatic nitrogens is 2. The van der Waals surface area contributed by atoms with Crippen LogP contribution in [0.3, 0.4) is 0 Å². The molecule has 32 heavy (non-hydrogen) atoms. The van der Waals surface area contributed by atoms with Crippen LogP contribution < -0.4 is 0 Å². The third kappa shape index (κ3) is 5.03. The van der Waals surface area contributed by atoms with E-state index in [-0.39, 0.29) is 5.91 Å². The van der Waals surface area contributed by atoms with E-state index >= 15 is 0 Å². The van der Waals surface area contributed by atoms with Crippen LogP contribution in [0.4, 0.5) is 0 Å². The minimum Gasteiger partial charge on any atom is -0.362 e. The summed E-state index contributed by atoms with van der Waals surface area (Å²) in [6, 6.07) is 18.3. The van der Waals surface area contributed by atoms with Crippen LogP contribution >= 0.6 is 0 Å². The van der Waals surface area contributed by atoms with E-state index in [0.29, 0.717) is 26.1 Å². The molecule has 0 spiro atoms. The van der Waals surface area contributed by atoms with Crippen molar-refractivity contribution < 1.29 is 9.53 Å². The number of pyridine rings is 2. The Balaban J connectivity index is 1.60. The highest BCUT2D eigenvalue weighted by molar-refractivity contribution is 5.86. The van der Waals surface area contributed by atoms with Gasteiger partial charge in [-0.05, 0) is 41.8 Å². The van der Waals surface area contributed by atoms with Gasteiger partial charge in [0.25, 0.3) is 5.91 Å². The topological polar surface area (TPSA) is 58.6 Å². The molecule has 6 heteroatoms. The number of benzene rings is 1. The molecule has 1 aliphatic rings. The zero-order valence-corrected chi connectivity index (χ0v) is 19.0. The van der Waals surface area contributed by atoms with Gasteiger partial charge in [-0.25, -0.2) is 0 Å². The lowest BCUT2D eigenvalue weighted by atomic mass is 9.89. The number of carbonyl (C=O) groups is 1. The van der Waals surface area contributed by atoms with Crippen molar-refractivity contribution in [3.05, 3.63) is 83.9 Å². The van der Waals surface area contributed by atoms with Crippen molar-refractivity contribution in [2.24, 2.45) is 0 Å². The van der Waals surface area contributed by atoms with E-state index in [4.69, 9.17) is 4.74 Å². The summed E-state index contributed by atoms with van der Waals surface area (Å²) in [5.74, 6) is -0.00816.